The Kier molecular flexibility index (Phi) is 6.70. The summed E-state index contributed by atoms with van der Waals surface area (Å²) < 4.78 is 10.6. The summed E-state index contributed by atoms with van der Waals surface area (Å²) in [6.07, 6.45) is 1.70. The maximum absolute atomic E-state index is 6.05. The Balaban J connectivity index is 1.60. The van der Waals surface area contributed by atoms with Crippen LogP contribution in [-0.2, 0) is 19.6 Å². The molecule has 146 valence electrons. The van der Waals surface area contributed by atoms with E-state index in [2.05, 4.69) is 34.4 Å². The van der Waals surface area contributed by atoms with Crippen LogP contribution in [0, 0.1) is 0 Å². The molecule has 0 saturated heterocycles. The van der Waals surface area contributed by atoms with Crippen LogP contribution >= 0.6 is 0 Å². The van der Waals surface area contributed by atoms with Gasteiger partial charge in [0, 0.05) is 12.2 Å². The van der Waals surface area contributed by atoms with Crippen molar-refractivity contribution in [2.45, 2.75) is 19.6 Å². The fourth-order valence-electron chi connectivity index (χ4n) is 2.91. The number of anilines is 1. The molecule has 0 aliphatic rings. The molecule has 1 aromatic heterocycles. The molecule has 0 atom stereocenters. The van der Waals surface area contributed by atoms with E-state index in [1.54, 1.807) is 13.4 Å². The van der Waals surface area contributed by atoms with Crippen LogP contribution in [0.3, 0.4) is 0 Å². The van der Waals surface area contributed by atoms with Crippen molar-refractivity contribution >= 4 is 11.6 Å². The first-order valence-electron chi connectivity index (χ1n) is 9.13. The van der Waals surface area contributed by atoms with Gasteiger partial charge in [0.05, 0.1) is 26.5 Å². The Hall–Kier alpha value is -3.25. The predicted octanol–water partition coefficient (Wildman–Crippen LogP) is 3.85. The number of nitrogens with zero attached hydrogens (tertiary/aromatic N) is 2. The quantitative estimate of drug-likeness (QED) is 0.460. The van der Waals surface area contributed by atoms with Gasteiger partial charge in [-0.3, -0.25) is 4.90 Å². The van der Waals surface area contributed by atoms with E-state index in [-0.39, 0.29) is 0 Å². The first-order chi connectivity index (χ1) is 13.6. The van der Waals surface area contributed by atoms with Gasteiger partial charge in [-0.2, -0.15) is 0 Å². The summed E-state index contributed by atoms with van der Waals surface area (Å²) >= 11 is 0. The molecule has 0 radical (unpaired) electrons. The van der Waals surface area contributed by atoms with Crippen LogP contribution in [0.2, 0.25) is 0 Å². The number of nitrogens with one attached hydrogen (secondary N) is 1. The van der Waals surface area contributed by atoms with E-state index in [0.29, 0.717) is 12.5 Å². The highest BCUT2D eigenvalue weighted by Crippen LogP contribution is 2.16. The van der Waals surface area contributed by atoms with E-state index < -0.39 is 0 Å². The highest BCUT2D eigenvalue weighted by atomic mass is 16.5. The van der Waals surface area contributed by atoms with Crippen molar-refractivity contribution in [2.75, 3.05) is 19.5 Å². The summed E-state index contributed by atoms with van der Waals surface area (Å²) in [7, 11) is 3.71. The van der Waals surface area contributed by atoms with Crippen LogP contribution in [0.25, 0.3) is 0 Å². The van der Waals surface area contributed by atoms with E-state index in [9.17, 15) is 0 Å². The molecule has 0 amide bonds. The molecular weight excluding hydrogens is 352 g/mol. The number of ether oxygens (including phenoxy) is 1. The zero-order valence-electron chi connectivity index (χ0n) is 16.3. The average molecular weight is 378 g/mol. The van der Waals surface area contributed by atoms with Gasteiger partial charge in [0.1, 0.15) is 11.5 Å². The smallest absolute Gasteiger partial charge is 0.193 e. The minimum Gasteiger partial charge on any atom is -0.497 e. The number of furan rings is 1. The van der Waals surface area contributed by atoms with Crippen LogP contribution in [-0.4, -0.2) is 25.0 Å². The highest BCUT2D eigenvalue weighted by molar-refractivity contribution is 5.92. The lowest BCUT2D eigenvalue weighted by atomic mass is 10.1. The van der Waals surface area contributed by atoms with Crippen molar-refractivity contribution in [3.63, 3.8) is 0 Å². The molecule has 6 heteroatoms. The van der Waals surface area contributed by atoms with Gasteiger partial charge in [0.15, 0.2) is 5.96 Å². The van der Waals surface area contributed by atoms with Crippen molar-refractivity contribution in [3.8, 4) is 5.75 Å². The number of benzene rings is 2. The van der Waals surface area contributed by atoms with Gasteiger partial charge in [-0.05, 0) is 54.6 Å². The number of hydrogen-bond donors (Lipinski definition) is 2. The monoisotopic (exact) mass is 378 g/mol. The summed E-state index contributed by atoms with van der Waals surface area (Å²) in [5.74, 6) is 2.13. The molecule has 3 aromatic rings. The third-order valence-corrected chi connectivity index (χ3v) is 4.35. The van der Waals surface area contributed by atoms with E-state index in [0.717, 1.165) is 35.9 Å². The third-order valence-electron chi connectivity index (χ3n) is 4.35. The summed E-state index contributed by atoms with van der Waals surface area (Å²) in [6.45, 7) is 2.07. The Morgan fingerprint density at radius 3 is 2.46 bits per heavy atom. The summed E-state index contributed by atoms with van der Waals surface area (Å²) in [5, 5.41) is 3.10. The SMILES string of the molecule is COc1ccc(NC(N)=NCc2ccccc2CN(C)Cc2ccco2)cc1. The molecule has 0 saturated carbocycles. The van der Waals surface area contributed by atoms with E-state index >= 15 is 0 Å². The number of nitrogens with two attached hydrogens (primary N) is 1. The van der Waals surface area contributed by atoms with E-state index in [1.807, 2.05) is 48.5 Å². The molecule has 0 bridgehead atoms. The Morgan fingerprint density at radius 1 is 1.04 bits per heavy atom. The minimum absolute atomic E-state index is 0.379. The summed E-state index contributed by atoms with van der Waals surface area (Å²) in [6, 6.07) is 19.7. The molecular formula is C22H26N4O2. The molecule has 0 aliphatic heterocycles. The van der Waals surface area contributed by atoms with Crippen molar-refractivity contribution in [1.29, 1.82) is 0 Å². The molecule has 0 fully saturated rings. The first-order valence-corrected chi connectivity index (χ1v) is 9.13. The molecule has 0 spiro atoms. The molecule has 2 aromatic carbocycles. The fourth-order valence-corrected chi connectivity index (χ4v) is 2.91. The van der Waals surface area contributed by atoms with E-state index in [1.165, 1.54) is 5.56 Å². The molecule has 1 heterocycles. The fraction of sp³-hybridized carbons (Fsp3) is 0.227. The van der Waals surface area contributed by atoms with Crippen molar-refractivity contribution in [1.82, 2.24) is 4.90 Å². The van der Waals surface area contributed by atoms with Crippen molar-refractivity contribution in [3.05, 3.63) is 83.8 Å². The Labute approximate surface area is 165 Å². The zero-order valence-corrected chi connectivity index (χ0v) is 16.3. The second-order valence-corrected chi connectivity index (χ2v) is 6.58. The summed E-state index contributed by atoms with van der Waals surface area (Å²) in [5.41, 5.74) is 9.29. The van der Waals surface area contributed by atoms with Crippen LogP contribution in [0.1, 0.15) is 16.9 Å². The van der Waals surface area contributed by atoms with Crippen molar-refractivity contribution < 1.29 is 9.15 Å². The van der Waals surface area contributed by atoms with Crippen LogP contribution < -0.4 is 15.8 Å². The molecule has 0 unspecified atom stereocenters. The number of guanidine groups is 1. The van der Waals surface area contributed by atoms with Gasteiger partial charge >= 0.3 is 0 Å². The molecule has 28 heavy (non-hydrogen) atoms. The molecule has 3 rings (SSSR count). The van der Waals surface area contributed by atoms with Crippen LogP contribution in [0.4, 0.5) is 5.69 Å². The second kappa shape index (κ2) is 9.62. The van der Waals surface area contributed by atoms with Gasteiger partial charge < -0.3 is 20.2 Å². The number of aliphatic imine (C=N–C) groups is 1. The lowest BCUT2D eigenvalue weighted by molar-refractivity contribution is 0.287. The van der Waals surface area contributed by atoms with E-state index in [4.69, 9.17) is 14.9 Å². The van der Waals surface area contributed by atoms with Crippen LogP contribution in [0.15, 0.2) is 76.3 Å². The van der Waals surface area contributed by atoms with Gasteiger partial charge in [-0.1, -0.05) is 24.3 Å². The second-order valence-electron chi connectivity index (χ2n) is 6.58. The lowest BCUT2D eigenvalue weighted by Crippen LogP contribution is -2.22. The summed E-state index contributed by atoms with van der Waals surface area (Å²) in [4.78, 5) is 6.70. The van der Waals surface area contributed by atoms with Gasteiger partial charge in [0.25, 0.3) is 0 Å². The zero-order chi connectivity index (χ0) is 19.8. The van der Waals surface area contributed by atoms with Gasteiger partial charge in [-0.25, -0.2) is 4.99 Å². The first kappa shape index (κ1) is 19.5. The minimum atomic E-state index is 0.379. The van der Waals surface area contributed by atoms with Crippen LogP contribution in [0.5, 0.6) is 5.75 Å². The van der Waals surface area contributed by atoms with Gasteiger partial charge in [0.2, 0.25) is 0 Å². The molecule has 0 aliphatic carbocycles. The third kappa shape index (κ3) is 5.62. The number of methoxy groups -OCH3 is 1. The number of hydrogen-bond acceptors (Lipinski definition) is 4. The average Bonchev–Trinajstić information content (AvgIpc) is 3.21. The highest BCUT2D eigenvalue weighted by Gasteiger charge is 2.07. The normalized spacial score (nSPS) is 11.6. The van der Waals surface area contributed by atoms with Gasteiger partial charge in [-0.15, -0.1) is 0 Å². The Morgan fingerprint density at radius 2 is 1.79 bits per heavy atom. The molecule has 6 nitrogen and oxygen atoms in total. The maximum atomic E-state index is 6.05. The standard InChI is InChI=1S/C22H26N4O2/c1-26(16-21-8-5-13-28-21)15-18-7-4-3-6-17(18)14-24-22(23)25-19-9-11-20(27-2)12-10-19/h3-13H,14-16H2,1-2H3,(H3,23,24,25). The lowest BCUT2D eigenvalue weighted by Gasteiger charge is -2.17. The number of rotatable bonds is 8. The Bertz CT molecular complexity index is 889. The molecule has 3 N–H and O–H groups in total. The largest absolute Gasteiger partial charge is 0.497 e. The predicted molar refractivity (Wildman–Crippen MR) is 112 cm³/mol. The topological polar surface area (TPSA) is 76.0 Å². The van der Waals surface area contributed by atoms with Crippen molar-refractivity contribution in [2.24, 2.45) is 10.7 Å². The maximum Gasteiger partial charge on any atom is 0.193 e.